The standard InChI is InChI=1S/C46H28N4O/c1-4-14-29(15-5-1)36-28-37(30-16-6-2-7-17-30)48-46(47-36)50-40-27-26-39-42(34-21-10-12-22-38(34)49(39)31-18-8-3-9-19-31)43(40)35-25-24-33-32-20-11-13-23-41(32)51-45(33)44(35)50/h1-28H. The maximum atomic E-state index is 6.78. The Labute approximate surface area is 292 Å². The highest BCUT2D eigenvalue weighted by Crippen LogP contribution is 2.45. The molecule has 11 rings (SSSR count). The lowest BCUT2D eigenvalue weighted by molar-refractivity contribution is 0.670. The van der Waals surface area contributed by atoms with E-state index in [4.69, 9.17) is 14.4 Å². The van der Waals surface area contributed by atoms with Gasteiger partial charge in [-0.25, -0.2) is 9.97 Å². The molecule has 5 heteroatoms. The summed E-state index contributed by atoms with van der Waals surface area (Å²) in [5.74, 6) is 0.592. The smallest absolute Gasteiger partial charge is 0.235 e. The zero-order chi connectivity index (χ0) is 33.5. The van der Waals surface area contributed by atoms with E-state index >= 15 is 0 Å². The maximum Gasteiger partial charge on any atom is 0.235 e. The van der Waals surface area contributed by atoms with Crippen molar-refractivity contribution in [3.05, 3.63) is 170 Å². The highest BCUT2D eigenvalue weighted by molar-refractivity contribution is 6.31. The highest BCUT2D eigenvalue weighted by atomic mass is 16.3. The van der Waals surface area contributed by atoms with Crippen molar-refractivity contribution < 1.29 is 4.42 Å². The number of hydrogen-bond donors (Lipinski definition) is 0. The molecule has 0 saturated heterocycles. The summed E-state index contributed by atoms with van der Waals surface area (Å²) in [5.41, 5.74) is 10.8. The quantitative estimate of drug-likeness (QED) is 0.190. The van der Waals surface area contributed by atoms with Crippen LogP contribution in [0.3, 0.4) is 0 Å². The third kappa shape index (κ3) is 4.09. The minimum atomic E-state index is 0.592. The van der Waals surface area contributed by atoms with E-state index in [1.54, 1.807) is 0 Å². The Morgan fingerprint density at radius 1 is 0.412 bits per heavy atom. The molecule has 0 aliphatic rings. The topological polar surface area (TPSA) is 48.8 Å². The number of benzene rings is 7. The van der Waals surface area contributed by atoms with E-state index in [2.05, 4.69) is 155 Å². The van der Waals surface area contributed by atoms with E-state index in [-0.39, 0.29) is 0 Å². The van der Waals surface area contributed by atoms with Gasteiger partial charge < -0.3 is 8.98 Å². The van der Waals surface area contributed by atoms with Crippen LogP contribution in [0.4, 0.5) is 0 Å². The summed E-state index contributed by atoms with van der Waals surface area (Å²) in [5, 5.41) is 6.76. The molecule has 0 aliphatic carbocycles. The number of para-hydroxylation sites is 3. The fraction of sp³-hybridized carbons (Fsp3) is 0. The summed E-state index contributed by atoms with van der Waals surface area (Å²) in [4.78, 5) is 10.7. The van der Waals surface area contributed by atoms with Crippen LogP contribution >= 0.6 is 0 Å². The largest absolute Gasteiger partial charge is 0.454 e. The molecule has 7 aromatic carbocycles. The van der Waals surface area contributed by atoms with Gasteiger partial charge in [0.2, 0.25) is 5.95 Å². The van der Waals surface area contributed by atoms with E-state index in [1.165, 1.54) is 10.8 Å². The van der Waals surface area contributed by atoms with Crippen molar-refractivity contribution in [2.24, 2.45) is 0 Å². The van der Waals surface area contributed by atoms with Gasteiger partial charge in [-0.1, -0.05) is 121 Å². The normalized spacial score (nSPS) is 11.9. The second-order valence-corrected chi connectivity index (χ2v) is 13.0. The summed E-state index contributed by atoms with van der Waals surface area (Å²) < 4.78 is 11.4. The summed E-state index contributed by atoms with van der Waals surface area (Å²) >= 11 is 0. The molecule has 0 saturated carbocycles. The molecule has 0 bridgehead atoms. The lowest BCUT2D eigenvalue weighted by atomic mass is 10.0. The van der Waals surface area contributed by atoms with Crippen molar-refractivity contribution in [2.45, 2.75) is 0 Å². The molecule has 0 unspecified atom stereocenters. The molecule has 238 valence electrons. The molecule has 11 aromatic rings. The minimum Gasteiger partial charge on any atom is -0.454 e. The fourth-order valence-electron chi connectivity index (χ4n) is 7.94. The van der Waals surface area contributed by atoms with Gasteiger partial charge >= 0.3 is 0 Å². The molecule has 0 N–H and O–H groups in total. The van der Waals surface area contributed by atoms with Gasteiger partial charge in [-0.2, -0.15) is 0 Å². The first-order chi connectivity index (χ1) is 25.3. The Morgan fingerprint density at radius 3 is 1.67 bits per heavy atom. The van der Waals surface area contributed by atoms with Gasteiger partial charge in [0.05, 0.1) is 27.9 Å². The molecular formula is C46H28N4O. The van der Waals surface area contributed by atoms with Gasteiger partial charge in [-0.15, -0.1) is 0 Å². The van der Waals surface area contributed by atoms with Crippen molar-refractivity contribution >= 4 is 65.6 Å². The van der Waals surface area contributed by atoms with Crippen LogP contribution in [0.2, 0.25) is 0 Å². The van der Waals surface area contributed by atoms with Crippen LogP contribution in [0.1, 0.15) is 0 Å². The van der Waals surface area contributed by atoms with Crippen molar-refractivity contribution in [3.8, 4) is 34.2 Å². The number of hydrogen-bond acceptors (Lipinski definition) is 3. The zero-order valence-corrected chi connectivity index (χ0v) is 27.4. The van der Waals surface area contributed by atoms with Gasteiger partial charge in [-0.3, -0.25) is 4.57 Å². The third-order valence-electron chi connectivity index (χ3n) is 10.1. The molecule has 0 aliphatic heterocycles. The number of aromatic nitrogens is 4. The van der Waals surface area contributed by atoms with E-state index in [1.807, 2.05) is 24.3 Å². The molecule has 0 amide bonds. The molecular weight excluding hydrogens is 625 g/mol. The van der Waals surface area contributed by atoms with Gasteiger partial charge in [0.1, 0.15) is 11.1 Å². The Kier molecular flexibility index (Phi) is 5.89. The summed E-state index contributed by atoms with van der Waals surface area (Å²) in [6.45, 7) is 0. The van der Waals surface area contributed by atoms with E-state index < -0.39 is 0 Å². The molecule has 0 atom stereocenters. The molecule has 0 radical (unpaired) electrons. The number of nitrogens with zero attached hydrogens (tertiary/aromatic N) is 4. The second-order valence-electron chi connectivity index (χ2n) is 13.0. The van der Waals surface area contributed by atoms with Gasteiger partial charge in [0, 0.05) is 49.1 Å². The minimum absolute atomic E-state index is 0.592. The average Bonchev–Trinajstić information content (AvgIpc) is 3.86. The van der Waals surface area contributed by atoms with Crippen LogP contribution in [-0.2, 0) is 0 Å². The second kappa shape index (κ2) is 10.8. The van der Waals surface area contributed by atoms with Crippen molar-refractivity contribution in [1.29, 1.82) is 0 Å². The summed E-state index contributed by atoms with van der Waals surface area (Å²) in [6.07, 6.45) is 0. The fourth-order valence-corrected chi connectivity index (χ4v) is 7.94. The van der Waals surface area contributed by atoms with E-state index in [9.17, 15) is 0 Å². The SMILES string of the molecule is c1ccc(-c2cc(-c3ccccc3)nc(-n3c4ccc5c(c6ccccc6n5-c5ccccc5)c4c4ccc5c6ccccc6oc5c43)n2)cc1. The van der Waals surface area contributed by atoms with Crippen molar-refractivity contribution in [2.75, 3.05) is 0 Å². The first-order valence-electron chi connectivity index (χ1n) is 17.2. The van der Waals surface area contributed by atoms with E-state index in [0.717, 1.165) is 83.0 Å². The Balaban J connectivity index is 1.34. The first kappa shape index (κ1) is 27.9. The van der Waals surface area contributed by atoms with Crippen molar-refractivity contribution in [1.82, 2.24) is 19.1 Å². The zero-order valence-electron chi connectivity index (χ0n) is 27.4. The predicted molar refractivity (Wildman–Crippen MR) is 209 cm³/mol. The molecule has 5 nitrogen and oxygen atoms in total. The molecule has 0 spiro atoms. The van der Waals surface area contributed by atoms with Crippen LogP contribution in [0, 0.1) is 0 Å². The van der Waals surface area contributed by atoms with Gasteiger partial charge in [0.15, 0.2) is 5.58 Å². The van der Waals surface area contributed by atoms with Gasteiger partial charge in [-0.05, 0) is 48.5 Å². The summed E-state index contributed by atoms with van der Waals surface area (Å²) in [7, 11) is 0. The molecule has 4 heterocycles. The Bertz CT molecular complexity index is 3060. The highest BCUT2D eigenvalue weighted by Gasteiger charge is 2.25. The van der Waals surface area contributed by atoms with Crippen LogP contribution in [0.15, 0.2) is 174 Å². The number of fused-ring (bicyclic) bond motifs is 11. The van der Waals surface area contributed by atoms with Crippen LogP contribution in [0.5, 0.6) is 0 Å². The van der Waals surface area contributed by atoms with E-state index in [0.29, 0.717) is 5.95 Å². The van der Waals surface area contributed by atoms with Crippen LogP contribution in [0.25, 0.3) is 99.7 Å². The van der Waals surface area contributed by atoms with Crippen LogP contribution < -0.4 is 0 Å². The first-order valence-corrected chi connectivity index (χ1v) is 17.2. The maximum absolute atomic E-state index is 6.78. The Morgan fingerprint density at radius 2 is 0.961 bits per heavy atom. The van der Waals surface area contributed by atoms with Crippen molar-refractivity contribution in [3.63, 3.8) is 0 Å². The number of furan rings is 1. The Hall–Kier alpha value is -6.98. The molecule has 0 fully saturated rings. The third-order valence-corrected chi connectivity index (χ3v) is 10.1. The van der Waals surface area contributed by atoms with Gasteiger partial charge in [0.25, 0.3) is 0 Å². The predicted octanol–water partition coefficient (Wildman–Crippen LogP) is 11.9. The summed E-state index contributed by atoms with van der Waals surface area (Å²) in [6, 6.07) is 59.3. The average molecular weight is 653 g/mol. The number of rotatable bonds is 4. The lowest BCUT2D eigenvalue weighted by Gasteiger charge is -2.12. The lowest BCUT2D eigenvalue weighted by Crippen LogP contribution is -2.04. The molecule has 4 aromatic heterocycles. The monoisotopic (exact) mass is 652 g/mol. The molecule has 51 heavy (non-hydrogen) atoms. The van der Waals surface area contributed by atoms with Crippen LogP contribution in [-0.4, -0.2) is 19.1 Å².